The smallest absolute Gasteiger partial charge is 0.407 e. The highest BCUT2D eigenvalue weighted by Crippen LogP contribution is 2.24. The van der Waals surface area contributed by atoms with E-state index in [1.54, 1.807) is 6.92 Å². The zero-order chi connectivity index (χ0) is 14.3. The van der Waals surface area contributed by atoms with E-state index in [0.717, 1.165) is 0 Å². The molecule has 1 aliphatic heterocycles. The maximum absolute atomic E-state index is 11.6. The summed E-state index contributed by atoms with van der Waals surface area (Å²) in [6.07, 6.45) is 0.867. The first-order valence-electron chi connectivity index (χ1n) is 6.30. The second kappa shape index (κ2) is 7.13. The number of nitrogens with one attached hydrogen (secondary N) is 1. The number of esters is 1. The molecule has 6 nitrogen and oxygen atoms in total. The van der Waals surface area contributed by atoms with Crippen LogP contribution >= 0.6 is 0 Å². The lowest BCUT2D eigenvalue weighted by Gasteiger charge is -2.32. The number of rotatable bonds is 5. The summed E-state index contributed by atoms with van der Waals surface area (Å²) in [6, 6.07) is 0. The van der Waals surface area contributed by atoms with Crippen molar-refractivity contribution in [2.24, 2.45) is 0 Å². The van der Waals surface area contributed by atoms with Gasteiger partial charge in [0.1, 0.15) is 12.2 Å². The number of carbonyl (C=O) groups excluding carboxylic acids is 2. The molecule has 0 aliphatic carbocycles. The summed E-state index contributed by atoms with van der Waals surface area (Å²) in [5.41, 5.74) is -0.145. The highest BCUT2D eigenvalue weighted by atomic mass is 16.6. The molecule has 0 unspecified atom stereocenters. The van der Waals surface area contributed by atoms with Gasteiger partial charge in [-0.3, -0.25) is 0 Å². The molecule has 0 atom stereocenters. The van der Waals surface area contributed by atoms with E-state index >= 15 is 0 Å². The van der Waals surface area contributed by atoms with Gasteiger partial charge in [0.2, 0.25) is 0 Å². The maximum atomic E-state index is 11.6. The van der Waals surface area contributed by atoms with Gasteiger partial charge in [0.25, 0.3) is 0 Å². The van der Waals surface area contributed by atoms with Crippen molar-refractivity contribution in [1.82, 2.24) is 5.32 Å². The molecule has 1 saturated heterocycles. The van der Waals surface area contributed by atoms with Crippen molar-refractivity contribution in [2.45, 2.75) is 32.3 Å². The lowest BCUT2D eigenvalue weighted by Crippen LogP contribution is -2.41. The summed E-state index contributed by atoms with van der Waals surface area (Å²) in [5, 5.41) is 2.54. The summed E-state index contributed by atoms with van der Waals surface area (Å²) in [6.45, 7) is 8.41. The van der Waals surface area contributed by atoms with Crippen LogP contribution in [0.1, 0.15) is 26.7 Å². The Labute approximate surface area is 113 Å². The van der Waals surface area contributed by atoms with E-state index in [9.17, 15) is 9.59 Å². The zero-order valence-electron chi connectivity index (χ0n) is 11.5. The summed E-state index contributed by atoms with van der Waals surface area (Å²) < 4.78 is 15.4. The molecule has 1 N–H and O–H groups in total. The van der Waals surface area contributed by atoms with Crippen LogP contribution in [0.15, 0.2) is 12.2 Å². The lowest BCUT2D eigenvalue weighted by atomic mass is 9.97. The topological polar surface area (TPSA) is 73.9 Å². The molecule has 1 heterocycles. The highest BCUT2D eigenvalue weighted by Gasteiger charge is 2.31. The number of hydrogen-bond acceptors (Lipinski definition) is 5. The van der Waals surface area contributed by atoms with Crippen molar-refractivity contribution in [3.05, 3.63) is 12.2 Å². The summed E-state index contributed by atoms with van der Waals surface area (Å²) in [4.78, 5) is 22.6. The van der Waals surface area contributed by atoms with Crippen molar-refractivity contribution in [1.29, 1.82) is 0 Å². The fourth-order valence-electron chi connectivity index (χ4n) is 1.59. The van der Waals surface area contributed by atoms with Crippen molar-refractivity contribution in [2.75, 3.05) is 26.4 Å². The fourth-order valence-corrected chi connectivity index (χ4v) is 1.59. The molecule has 0 saturated carbocycles. The van der Waals surface area contributed by atoms with E-state index in [4.69, 9.17) is 14.2 Å². The summed E-state index contributed by atoms with van der Waals surface area (Å²) in [7, 11) is 0. The van der Waals surface area contributed by atoms with E-state index in [1.165, 1.54) is 0 Å². The number of hydrogen-bond donors (Lipinski definition) is 1. The van der Waals surface area contributed by atoms with E-state index in [2.05, 4.69) is 11.9 Å². The van der Waals surface area contributed by atoms with Crippen molar-refractivity contribution in [3.8, 4) is 0 Å². The minimum atomic E-state index is -0.504. The van der Waals surface area contributed by atoms with Crippen LogP contribution in [0.2, 0.25) is 0 Å². The van der Waals surface area contributed by atoms with E-state index in [-0.39, 0.29) is 13.2 Å². The Morgan fingerprint density at radius 1 is 1.37 bits per heavy atom. The Morgan fingerprint density at radius 2 is 2.00 bits per heavy atom. The minimum Gasteiger partial charge on any atom is -0.460 e. The van der Waals surface area contributed by atoms with Gasteiger partial charge in [-0.25, -0.2) is 9.59 Å². The third-order valence-electron chi connectivity index (χ3n) is 2.84. The van der Waals surface area contributed by atoms with Gasteiger partial charge in [-0.2, -0.15) is 0 Å². The minimum absolute atomic E-state index is 0.0978. The molecule has 0 aromatic rings. The van der Waals surface area contributed by atoms with Gasteiger partial charge >= 0.3 is 12.1 Å². The quantitative estimate of drug-likeness (QED) is 0.465. The van der Waals surface area contributed by atoms with Crippen LogP contribution in [0.4, 0.5) is 4.79 Å². The number of amides is 1. The van der Waals surface area contributed by atoms with Crippen molar-refractivity contribution >= 4 is 12.1 Å². The predicted octanol–water partition coefficient (Wildman–Crippen LogP) is 1.40. The molecule has 0 radical (unpaired) electrons. The molecule has 1 amide bonds. The standard InChI is InChI=1S/C13H21NO5/c1-10(2)11(15)18-9-6-14-12(16)19-13(3)4-7-17-8-5-13/h1,4-9H2,2-3H3,(H,14,16). The molecule has 1 rings (SSSR count). The van der Waals surface area contributed by atoms with Gasteiger partial charge in [-0.1, -0.05) is 6.58 Å². The third kappa shape index (κ3) is 5.74. The Morgan fingerprint density at radius 3 is 2.58 bits per heavy atom. The summed E-state index contributed by atoms with van der Waals surface area (Å²) >= 11 is 0. The molecule has 0 aromatic carbocycles. The van der Waals surface area contributed by atoms with Crippen molar-refractivity contribution < 1.29 is 23.8 Å². The van der Waals surface area contributed by atoms with Crippen LogP contribution in [0.25, 0.3) is 0 Å². The van der Waals surface area contributed by atoms with E-state index < -0.39 is 17.7 Å². The number of carbonyl (C=O) groups is 2. The van der Waals surface area contributed by atoms with Crippen LogP contribution in [-0.4, -0.2) is 44.0 Å². The van der Waals surface area contributed by atoms with Gasteiger partial charge in [-0.15, -0.1) is 0 Å². The second-order valence-electron chi connectivity index (χ2n) is 4.79. The maximum Gasteiger partial charge on any atom is 0.407 e. The zero-order valence-corrected chi connectivity index (χ0v) is 11.5. The van der Waals surface area contributed by atoms with Crippen LogP contribution in [0, 0.1) is 0 Å². The lowest BCUT2D eigenvalue weighted by molar-refractivity contribution is -0.138. The number of alkyl carbamates (subject to hydrolysis) is 1. The van der Waals surface area contributed by atoms with Gasteiger partial charge in [0.15, 0.2) is 0 Å². The second-order valence-corrected chi connectivity index (χ2v) is 4.79. The number of ether oxygens (including phenoxy) is 3. The molecule has 108 valence electrons. The molecule has 0 aromatic heterocycles. The van der Waals surface area contributed by atoms with Gasteiger partial charge < -0.3 is 19.5 Å². The molecule has 1 fully saturated rings. The first kappa shape index (κ1) is 15.5. The molecule has 0 spiro atoms. The normalized spacial score (nSPS) is 17.4. The Balaban J connectivity index is 2.17. The molecular weight excluding hydrogens is 250 g/mol. The largest absolute Gasteiger partial charge is 0.460 e. The SMILES string of the molecule is C=C(C)C(=O)OCCNC(=O)OC1(C)CCOCC1. The molecule has 19 heavy (non-hydrogen) atoms. The first-order chi connectivity index (χ1) is 8.93. The molecule has 6 heteroatoms. The predicted molar refractivity (Wildman–Crippen MR) is 68.7 cm³/mol. The van der Waals surface area contributed by atoms with E-state index in [1.807, 2.05) is 6.92 Å². The van der Waals surface area contributed by atoms with Crippen LogP contribution < -0.4 is 5.32 Å². The summed E-state index contributed by atoms with van der Waals surface area (Å²) in [5.74, 6) is -0.466. The Hall–Kier alpha value is -1.56. The average Bonchev–Trinajstić information content (AvgIpc) is 2.34. The fraction of sp³-hybridized carbons (Fsp3) is 0.692. The van der Waals surface area contributed by atoms with Gasteiger partial charge in [0.05, 0.1) is 19.8 Å². The third-order valence-corrected chi connectivity index (χ3v) is 2.84. The van der Waals surface area contributed by atoms with Gasteiger partial charge in [-0.05, 0) is 13.8 Å². The Kier molecular flexibility index (Phi) is 5.82. The highest BCUT2D eigenvalue weighted by molar-refractivity contribution is 5.86. The average molecular weight is 271 g/mol. The first-order valence-corrected chi connectivity index (χ1v) is 6.30. The van der Waals surface area contributed by atoms with Gasteiger partial charge in [0, 0.05) is 18.4 Å². The molecule has 1 aliphatic rings. The molecular formula is C13H21NO5. The van der Waals surface area contributed by atoms with E-state index in [0.29, 0.717) is 31.6 Å². The van der Waals surface area contributed by atoms with Crippen LogP contribution in [-0.2, 0) is 19.0 Å². The van der Waals surface area contributed by atoms with Crippen LogP contribution in [0.5, 0.6) is 0 Å². The molecule has 0 bridgehead atoms. The monoisotopic (exact) mass is 271 g/mol. The Bertz CT molecular complexity index is 347. The van der Waals surface area contributed by atoms with Crippen molar-refractivity contribution in [3.63, 3.8) is 0 Å². The van der Waals surface area contributed by atoms with Crippen LogP contribution in [0.3, 0.4) is 0 Å².